The van der Waals surface area contributed by atoms with Gasteiger partial charge in [0.25, 0.3) is 15.9 Å². The van der Waals surface area contributed by atoms with Crippen molar-refractivity contribution < 1.29 is 22.8 Å². The summed E-state index contributed by atoms with van der Waals surface area (Å²) in [6.45, 7) is -0.676. The van der Waals surface area contributed by atoms with Crippen LogP contribution in [0.5, 0.6) is 0 Å². The van der Waals surface area contributed by atoms with E-state index in [1.165, 1.54) is 30.1 Å². The molecule has 10 heteroatoms. The molecule has 0 radical (unpaired) electrons. The number of fused-ring (bicyclic) bond motifs is 1. The van der Waals surface area contributed by atoms with Crippen LogP contribution in [0.2, 0.25) is 0 Å². The number of likely N-dealkylation sites (N-methyl/N-ethyl adjacent to an activating group) is 1. The quantitative estimate of drug-likeness (QED) is 0.449. The summed E-state index contributed by atoms with van der Waals surface area (Å²) in [4.78, 5) is 40.8. The van der Waals surface area contributed by atoms with Crippen LogP contribution >= 0.6 is 15.9 Å². The standard InChI is InChI=1S/C26H24BrN3O5S/c1-28-25(32)22(15-18-8-3-2-4-9-18)29(16-19-10-7-11-20(27)14-19)24(31)17-30-26(33)21-12-5-6-13-23(21)36(30,34)35/h2-14,22H,15-17H2,1H3,(H,28,32)/t22-/m0/s1. The van der Waals surface area contributed by atoms with E-state index in [0.29, 0.717) is 4.31 Å². The molecule has 8 nitrogen and oxygen atoms in total. The smallest absolute Gasteiger partial charge is 0.269 e. The molecule has 3 aromatic carbocycles. The molecule has 3 aromatic rings. The lowest BCUT2D eigenvalue weighted by Crippen LogP contribution is -2.52. The summed E-state index contributed by atoms with van der Waals surface area (Å²) in [5, 5.41) is 2.61. The van der Waals surface area contributed by atoms with E-state index in [9.17, 15) is 22.8 Å². The molecular weight excluding hydrogens is 546 g/mol. The highest BCUT2D eigenvalue weighted by Crippen LogP contribution is 2.30. The minimum absolute atomic E-state index is 0.0241. The first-order chi connectivity index (χ1) is 17.2. The van der Waals surface area contributed by atoms with Gasteiger partial charge < -0.3 is 10.2 Å². The normalized spacial score (nSPS) is 14.7. The Morgan fingerprint density at radius 3 is 2.31 bits per heavy atom. The molecule has 1 aliphatic rings. The maximum atomic E-state index is 13.7. The SMILES string of the molecule is CNC(=O)[C@H](Cc1ccccc1)N(Cc1cccc(Br)c1)C(=O)CN1C(=O)c2ccccc2S1(=O)=O. The maximum absolute atomic E-state index is 13.7. The first kappa shape index (κ1) is 25.6. The van der Waals surface area contributed by atoms with Gasteiger partial charge in [0, 0.05) is 24.5 Å². The van der Waals surface area contributed by atoms with E-state index in [-0.39, 0.29) is 23.4 Å². The van der Waals surface area contributed by atoms with E-state index >= 15 is 0 Å². The molecule has 1 N–H and O–H groups in total. The Bertz CT molecular complexity index is 1410. The molecule has 3 amide bonds. The van der Waals surface area contributed by atoms with Crippen molar-refractivity contribution in [1.82, 2.24) is 14.5 Å². The molecular formula is C26H24BrN3O5S. The Morgan fingerprint density at radius 2 is 1.64 bits per heavy atom. The summed E-state index contributed by atoms with van der Waals surface area (Å²) in [5.41, 5.74) is 1.59. The number of carbonyl (C=O) groups excluding carboxylic acids is 3. The van der Waals surface area contributed by atoms with E-state index in [1.807, 2.05) is 48.5 Å². The molecule has 0 saturated heterocycles. The Hall–Kier alpha value is -3.50. The second-order valence-corrected chi connectivity index (χ2v) is 11.0. The van der Waals surface area contributed by atoms with Crippen LogP contribution in [0.4, 0.5) is 0 Å². The molecule has 1 aliphatic heterocycles. The highest BCUT2D eigenvalue weighted by molar-refractivity contribution is 9.10. The predicted molar refractivity (Wildman–Crippen MR) is 137 cm³/mol. The summed E-state index contributed by atoms with van der Waals surface area (Å²) in [6.07, 6.45) is 0.210. The van der Waals surface area contributed by atoms with Crippen LogP contribution < -0.4 is 5.32 Å². The number of carbonyl (C=O) groups is 3. The van der Waals surface area contributed by atoms with Gasteiger partial charge >= 0.3 is 0 Å². The van der Waals surface area contributed by atoms with Crippen molar-refractivity contribution in [1.29, 1.82) is 0 Å². The summed E-state index contributed by atoms with van der Waals surface area (Å²) in [7, 11) is -2.71. The fraction of sp³-hybridized carbons (Fsp3) is 0.192. The number of halogens is 1. The molecule has 1 heterocycles. The third-order valence-corrected chi connectivity index (χ3v) is 8.23. The zero-order chi connectivity index (χ0) is 25.9. The van der Waals surface area contributed by atoms with Crippen LogP contribution in [-0.2, 0) is 32.6 Å². The number of hydrogen-bond acceptors (Lipinski definition) is 5. The first-order valence-electron chi connectivity index (χ1n) is 11.2. The molecule has 0 unspecified atom stereocenters. The van der Waals surface area contributed by atoms with Crippen LogP contribution in [0, 0.1) is 0 Å². The zero-order valence-corrected chi connectivity index (χ0v) is 21.8. The van der Waals surface area contributed by atoms with Crippen molar-refractivity contribution in [3.05, 3.63) is 100 Å². The number of nitrogens with zero attached hydrogens (tertiary/aromatic N) is 2. The Morgan fingerprint density at radius 1 is 0.972 bits per heavy atom. The lowest BCUT2D eigenvalue weighted by molar-refractivity contribution is -0.140. The summed E-state index contributed by atoms with van der Waals surface area (Å²) in [5.74, 6) is -1.83. The van der Waals surface area contributed by atoms with E-state index in [2.05, 4.69) is 21.2 Å². The Balaban J connectivity index is 1.70. The van der Waals surface area contributed by atoms with Gasteiger partial charge in [-0.2, -0.15) is 0 Å². The number of hydrogen-bond donors (Lipinski definition) is 1. The molecule has 36 heavy (non-hydrogen) atoms. The average molecular weight is 570 g/mol. The van der Waals surface area contributed by atoms with Crippen LogP contribution in [-0.4, -0.2) is 55.0 Å². The summed E-state index contributed by atoms with van der Waals surface area (Å²) >= 11 is 3.42. The lowest BCUT2D eigenvalue weighted by Gasteiger charge is -2.32. The van der Waals surface area contributed by atoms with Crippen molar-refractivity contribution in [2.24, 2.45) is 0 Å². The van der Waals surface area contributed by atoms with Gasteiger partial charge in [0.05, 0.1) is 5.56 Å². The van der Waals surface area contributed by atoms with Gasteiger partial charge in [0.1, 0.15) is 17.5 Å². The summed E-state index contributed by atoms with van der Waals surface area (Å²) in [6, 6.07) is 21.4. The third-order valence-electron chi connectivity index (χ3n) is 5.95. The highest BCUT2D eigenvalue weighted by atomic mass is 79.9. The van der Waals surface area contributed by atoms with Gasteiger partial charge in [-0.05, 0) is 35.4 Å². The topological polar surface area (TPSA) is 104 Å². The fourth-order valence-corrected chi connectivity index (χ4v) is 6.12. The van der Waals surface area contributed by atoms with Gasteiger partial charge in [-0.25, -0.2) is 12.7 Å². The molecule has 4 rings (SSSR count). The van der Waals surface area contributed by atoms with E-state index in [1.54, 1.807) is 12.1 Å². The number of sulfonamides is 1. The minimum Gasteiger partial charge on any atom is -0.357 e. The van der Waals surface area contributed by atoms with Crippen molar-refractivity contribution in [3.8, 4) is 0 Å². The molecule has 186 valence electrons. The maximum Gasteiger partial charge on any atom is 0.269 e. The van der Waals surface area contributed by atoms with Crippen molar-refractivity contribution in [3.63, 3.8) is 0 Å². The van der Waals surface area contributed by atoms with Crippen LogP contribution in [0.15, 0.2) is 88.2 Å². The van der Waals surface area contributed by atoms with Crippen LogP contribution in [0.1, 0.15) is 21.5 Å². The van der Waals surface area contributed by atoms with Crippen molar-refractivity contribution >= 4 is 43.7 Å². The molecule has 0 aliphatic carbocycles. The second-order valence-electron chi connectivity index (χ2n) is 8.28. The van der Waals surface area contributed by atoms with Gasteiger partial charge in [-0.15, -0.1) is 0 Å². The molecule has 0 saturated carbocycles. The Kier molecular flexibility index (Phi) is 7.56. The number of rotatable bonds is 8. The lowest BCUT2D eigenvalue weighted by atomic mass is 10.0. The number of amides is 3. The highest BCUT2D eigenvalue weighted by Gasteiger charge is 2.43. The molecule has 0 spiro atoms. The molecule has 0 aromatic heterocycles. The van der Waals surface area contributed by atoms with Crippen molar-refractivity contribution in [2.75, 3.05) is 13.6 Å². The average Bonchev–Trinajstić information content (AvgIpc) is 3.07. The van der Waals surface area contributed by atoms with Gasteiger partial charge in [-0.1, -0.05) is 70.5 Å². The van der Waals surface area contributed by atoms with Gasteiger partial charge in [0.15, 0.2) is 0 Å². The fourth-order valence-electron chi connectivity index (χ4n) is 4.15. The molecule has 0 bridgehead atoms. The zero-order valence-electron chi connectivity index (χ0n) is 19.4. The van der Waals surface area contributed by atoms with E-state index < -0.39 is 40.3 Å². The van der Waals surface area contributed by atoms with Crippen molar-refractivity contribution in [2.45, 2.75) is 23.9 Å². The number of benzene rings is 3. The molecule has 0 fully saturated rings. The third kappa shape index (κ3) is 5.19. The predicted octanol–water partition coefficient (Wildman–Crippen LogP) is 2.98. The largest absolute Gasteiger partial charge is 0.357 e. The monoisotopic (exact) mass is 569 g/mol. The Labute approximate surface area is 218 Å². The first-order valence-corrected chi connectivity index (χ1v) is 13.4. The molecule has 1 atom stereocenters. The second kappa shape index (κ2) is 10.6. The van der Waals surface area contributed by atoms with E-state index in [4.69, 9.17) is 0 Å². The number of nitrogens with one attached hydrogen (secondary N) is 1. The van der Waals surface area contributed by atoms with Gasteiger partial charge in [0.2, 0.25) is 11.8 Å². The summed E-state index contributed by atoms with van der Waals surface area (Å²) < 4.78 is 27.5. The van der Waals surface area contributed by atoms with Gasteiger partial charge in [-0.3, -0.25) is 14.4 Å². The minimum atomic E-state index is -4.19. The van der Waals surface area contributed by atoms with E-state index in [0.717, 1.165) is 15.6 Å². The van der Waals surface area contributed by atoms with Crippen LogP contribution in [0.25, 0.3) is 0 Å². The van der Waals surface area contributed by atoms with Crippen LogP contribution in [0.3, 0.4) is 0 Å².